The van der Waals surface area contributed by atoms with Gasteiger partial charge < -0.3 is 15.6 Å². The number of carbonyl (C=O) groups excluding carboxylic acids is 1. The van der Waals surface area contributed by atoms with E-state index < -0.39 is 5.91 Å². The van der Waals surface area contributed by atoms with E-state index >= 15 is 0 Å². The third-order valence-electron chi connectivity index (χ3n) is 3.71. The molecule has 0 unspecified atom stereocenters. The fourth-order valence-electron chi connectivity index (χ4n) is 2.74. The fourth-order valence-corrected chi connectivity index (χ4v) is 2.91. The topological polar surface area (TPSA) is 72.5 Å². The molecule has 5 heteroatoms. The molecule has 0 saturated carbocycles. The molecule has 116 valence electrons. The first-order valence-electron chi connectivity index (χ1n) is 6.91. The highest BCUT2D eigenvalue weighted by Crippen LogP contribution is 2.42. The molecule has 0 aromatic heterocycles. The number of benzene rings is 3. The summed E-state index contributed by atoms with van der Waals surface area (Å²) in [5.74, 6) is -0.355. The van der Waals surface area contributed by atoms with Gasteiger partial charge in [-0.25, -0.2) is 0 Å². The molecule has 0 bridgehead atoms. The number of fused-ring (bicyclic) bond motifs is 1. The van der Waals surface area contributed by atoms with Gasteiger partial charge in [0, 0.05) is 16.1 Å². The number of halogens is 1. The number of aromatic hydroxyl groups is 1. The molecule has 3 N–H and O–H groups in total. The molecule has 0 radical (unpaired) electrons. The lowest BCUT2D eigenvalue weighted by atomic mass is 9.91. The minimum Gasteiger partial charge on any atom is -0.507 e. The summed E-state index contributed by atoms with van der Waals surface area (Å²) in [5, 5.41) is 12.3. The SMILES string of the molecule is COc1ccc(Cl)cc1-c1c(C(N)=O)c(O)cc2ccccc12. The van der Waals surface area contributed by atoms with E-state index in [4.69, 9.17) is 22.1 Å². The Morgan fingerprint density at radius 3 is 2.61 bits per heavy atom. The molecule has 4 nitrogen and oxygen atoms in total. The standard InChI is InChI=1S/C18H14ClNO3/c1-23-15-7-6-11(19)9-13(15)16-12-5-3-2-4-10(12)8-14(21)17(16)18(20)22/h2-9,21H,1H3,(H2,20,22). The molecular formula is C18H14ClNO3. The van der Waals surface area contributed by atoms with Crippen molar-refractivity contribution in [2.24, 2.45) is 5.73 Å². The lowest BCUT2D eigenvalue weighted by molar-refractivity contribution is 0.0998. The van der Waals surface area contributed by atoms with Crippen molar-refractivity contribution in [3.05, 3.63) is 59.1 Å². The maximum Gasteiger partial charge on any atom is 0.253 e. The van der Waals surface area contributed by atoms with E-state index in [2.05, 4.69) is 0 Å². The van der Waals surface area contributed by atoms with Crippen molar-refractivity contribution in [1.82, 2.24) is 0 Å². The van der Waals surface area contributed by atoms with E-state index in [1.807, 2.05) is 24.3 Å². The monoisotopic (exact) mass is 327 g/mol. The minimum absolute atomic E-state index is 0.0456. The van der Waals surface area contributed by atoms with Crippen LogP contribution in [0.5, 0.6) is 11.5 Å². The van der Waals surface area contributed by atoms with Crippen molar-refractivity contribution in [2.45, 2.75) is 0 Å². The van der Waals surface area contributed by atoms with Crippen LogP contribution in [0.25, 0.3) is 21.9 Å². The number of rotatable bonds is 3. The Morgan fingerprint density at radius 2 is 1.91 bits per heavy atom. The number of hydrogen-bond donors (Lipinski definition) is 2. The summed E-state index contributed by atoms with van der Waals surface area (Å²) in [6.45, 7) is 0. The first kappa shape index (κ1) is 15.2. The van der Waals surface area contributed by atoms with Gasteiger partial charge in [0.25, 0.3) is 5.91 Å². The van der Waals surface area contributed by atoms with Gasteiger partial charge in [0.2, 0.25) is 0 Å². The molecule has 0 fully saturated rings. The van der Waals surface area contributed by atoms with Gasteiger partial charge in [-0.1, -0.05) is 35.9 Å². The number of hydrogen-bond acceptors (Lipinski definition) is 3. The number of methoxy groups -OCH3 is 1. The first-order valence-corrected chi connectivity index (χ1v) is 7.29. The van der Waals surface area contributed by atoms with Gasteiger partial charge >= 0.3 is 0 Å². The van der Waals surface area contributed by atoms with Gasteiger partial charge in [-0.15, -0.1) is 0 Å². The van der Waals surface area contributed by atoms with Gasteiger partial charge in [-0.3, -0.25) is 4.79 Å². The second kappa shape index (κ2) is 5.82. The summed E-state index contributed by atoms with van der Waals surface area (Å²) < 4.78 is 5.39. The van der Waals surface area contributed by atoms with Gasteiger partial charge in [0.1, 0.15) is 11.5 Å². The van der Waals surface area contributed by atoms with Crippen LogP contribution >= 0.6 is 11.6 Å². The van der Waals surface area contributed by atoms with Crippen LogP contribution in [0.1, 0.15) is 10.4 Å². The number of phenols is 1. The minimum atomic E-state index is -0.717. The average molecular weight is 328 g/mol. The molecule has 1 amide bonds. The van der Waals surface area contributed by atoms with E-state index in [0.717, 1.165) is 10.8 Å². The molecule has 0 spiro atoms. The Kier molecular flexibility index (Phi) is 3.84. The Morgan fingerprint density at radius 1 is 1.17 bits per heavy atom. The summed E-state index contributed by atoms with van der Waals surface area (Å²) in [7, 11) is 1.53. The summed E-state index contributed by atoms with van der Waals surface area (Å²) in [6, 6.07) is 14.0. The smallest absolute Gasteiger partial charge is 0.253 e. The fraction of sp³-hybridized carbons (Fsp3) is 0.0556. The summed E-state index contributed by atoms with van der Waals surface area (Å²) in [6.07, 6.45) is 0. The Balaban J connectivity index is 2.51. The van der Waals surface area contributed by atoms with Crippen molar-refractivity contribution in [1.29, 1.82) is 0 Å². The number of amides is 1. The highest BCUT2D eigenvalue weighted by Gasteiger charge is 2.21. The lowest BCUT2D eigenvalue weighted by Gasteiger charge is -2.16. The average Bonchev–Trinajstić information content (AvgIpc) is 2.53. The van der Waals surface area contributed by atoms with Crippen LogP contribution in [0.4, 0.5) is 0 Å². The molecule has 0 heterocycles. The maximum atomic E-state index is 11.9. The van der Waals surface area contributed by atoms with Crippen LogP contribution in [0.3, 0.4) is 0 Å². The number of nitrogens with two attached hydrogens (primary N) is 1. The molecule has 0 atom stereocenters. The predicted octanol–water partition coefficient (Wildman–Crippen LogP) is 3.97. The van der Waals surface area contributed by atoms with E-state index in [9.17, 15) is 9.90 Å². The van der Waals surface area contributed by atoms with Crippen LogP contribution in [-0.4, -0.2) is 18.1 Å². The van der Waals surface area contributed by atoms with E-state index in [0.29, 0.717) is 21.9 Å². The summed E-state index contributed by atoms with van der Waals surface area (Å²) in [5.41, 5.74) is 6.65. The molecule has 0 saturated heterocycles. The second-order valence-corrected chi connectivity index (χ2v) is 5.51. The predicted molar refractivity (Wildman–Crippen MR) is 91.1 cm³/mol. The van der Waals surface area contributed by atoms with Crippen LogP contribution < -0.4 is 10.5 Å². The normalized spacial score (nSPS) is 10.7. The first-order chi connectivity index (χ1) is 11.0. The number of carbonyl (C=O) groups is 1. The van der Waals surface area contributed by atoms with Crippen molar-refractivity contribution in [2.75, 3.05) is 7.11 Å². The zero-order valence-electron chi connectivity index (χ0n) is 12.3. The van der Waals surface area contributed by atoms with Gasteiger partial charge in [0.15, 0.2) is 0 Å². The molecule has 3 aromatic carbocycles. The Labute approximate surface area is 138 Å². The number of primary amides is 1. The Bertz CT molecular complexity index is 922. The van der Waals surface area contributed by atoms with Crippen LogP contribution in [0, 0.1) is 0 Å². The van der Waals surface area contributed by atoms with Crippen molar-refractivity contribution in [3.8, 4) is 22.6 Å². The van der Waals surface area contributed by atoms with Crippen LogP contribution in [-0.2, 0) is 0 Å². The maximum absolute atomic E-state index is 11.9. The molecule has 0 aliphatic carbocycles. The van der Waals surface area contributed by atoms with Gasteiger partial charge in [-0.2, -0.15) is 0 Å². The van der Waals surface area contributed by atoms with Crippen LogP contribution in [0.15, 0.2) is 48.5 Å². The second-order valence-electron chi connectivity index (χ2n) is 5.08. The summed E-state index contributed by atoms with van der Waals surface area (Å²) >= 11 is 6.11. The molecule has 0 aliphatic heterocycles. The lowest BCUT2D eigenvalue weighted by Crippen LogP contribution is -2.13. The van der Waals surface area contributed by atoms with Crippen LogP contribution in [0.2, 0.25) is 5.02 Å². The largest absolute Gasteiger partial charge is 0.507 e. The molecule has 23 heavy (non-hydrogen) atoms. The van der Waals surface area contributed by atoms with Gasteiger partial charge in [-0.05, 0) is 35.0 Å². The van der Waals surface area contributed by atoms with Gasteiger partial charge in [0.05, 0.1) is 12.7 Å². The van der Waals surface area contributed by atoms with E-state index in [1.165, 1.54) is 13.2 Å². The zero-order valence-corrected chi connectivity index (χ0v) is 13.1. The van der Waals surface area contributed by atoms with Crippen molar-refractivity contribution < 1.29 is 14.6 Å². The van der Waals surface area contributed by atoms with E-state index in [-0.39, 0.29) is 11.3 Å². The highest BCUT2D eigenvalue weighted by atomic mass is 35.5. The third kappa shape index (κ3) is 2.58. The molecule has 0 aliphatic rings. The zero-order chi connectivity index (χ0) is 16.6. The van der Waals surface area contributed by atoms with E-state index in [1.54, 1.807) is 18.2 Å². The third-order valence-corrected chi connectivity index (χ3v) is 3.94. The highest BCUT2D eigenvalue weighted by molar-refractivity contribution is 6.31. The van der Waals surface area contributed by atoms with Crippen molar-refractivity contribution in [3.63, 3.8) is 0 Å². The molecule has 3 rings (SSSR count). The number of ether oxygens (including phenoxy) is 1. The quantitative estimate of drug-likeness (QED) is 0.764. The molecular weight excluding hydrogens is 314 g/mol. The van der Waals surface area contributed by atoms with Crippen molar-refractivity contribution >= 4 is 28.3 Å². The Hall–Kier alpha value is -2.72. The summed E-state index contributed by atoms with van der Waals surface area (Å²) in [4.78, 5) is 11.9. The molecule has 3 aromatic rings.